The van der Waals surface area contributed by atoms with Crippen LogP contribution in [0.1, 0.15) is 45.7 Å². The highest BCUT2D eigenvalue weighted by molar-refractivity contribution is 7.93. The van der Waals surface area contributed by atoms with Crippen molar-refractivity contribution in [2.45, 2.75) is 35.3 Å². The second-order valence-electron chi connectivity index (χ2n) is 9.41. The highest BCUT2D eigenvalue weighted by Crippen LogP contribution is 2.30. The highest BCUT2D eigenvalue weighted by Gasteiger charge is 2.43. The van der Waals surface area contributed by atoms with Crippen LogP contribution in [0.15, 0.2) is 113 Å². The van der Waals surface area contributed by atoms with Gasteiger partial charge in [-0.3, -0.25) is 9.59 Å². The molecule has 0 aromatic heterocycles. The van der Waals surface area contributed by atoms with E-state index in [9.17, 15) is 26.4 Å². The van der Waals surface area contributed by atoms with Crippen molar-refractivity contribution in [3.63, 3.8) is 0 Å². The molecule has 0 fully saturated rings. The van der Waals surface area contributed by atoms with Gasteiger partial charge in [0.15, 0.2) is 27.2 Å². The number of hydrogen-bond acceptors (Lipinski definition) is 7. The van der Waals surface area contributed by atoms with Crippen molar-refractivity contribution in [2.24, 2.45) is 0 Å². The summed E-state index contributed by atoms with van der Waals surface area (Å²) in [5.41, 5.74) is 1.34. The van der Waals surface area contributed by atoms with Gasteiger partial charge in [-0.25, -0.2) is 8.42 Å². The molecule has 0 saturated heterocycles. The van der Waals surface area contributed by atoms with Crippen LogP contribution in [0.25, 0.3) is 0 Å². The molecule has 0 aliphatic rings. The Morgan fingerprint density at radius 2 is 1.18 bits per heavy atom. The summed E-state index contributed by atoms with van der Waals surface area (Å²) in [7, 11) is -8.43. The Hall–Kier alpha value is -4.08. The summed E-state index contributed by atoms with van der Waals surface area (Å²) in [6.07, 6.45) is 0. The highest BCUT2D eigenvalue weighted by atomic mass is 32.2. The Balaban J connectivity index is 1.59. The number of carbonyl (C=O) groups is 2. The van der Waals surface area contributed by atoms with Crippen molar-refractivity contribution < 1.29 is 30.6 Å². The Morgan fingerprint density at radius 1 is 0.641 bits per heavy atom. The maximum absolute atomic E-state index is 13.3. The van der Waals surface area contributed by atoms with Gasteiger partial charge in [-0.05, 0) is 69.3 Å². The van der Waals surface area contributed by atoms with E-state index in [1.165, 1.54) is 62.4 Å². The molecule has 0 saturated carbocycles. The molecule has 0 radical (unpaired) electrons. The van der Waals surface area contributed by atoms with E-state index in [-0.39, 0.29) is 26.7 Å². The lowest BCUT2D eigenvalue weighted by Gasteiger charge is -2.23. The molecule has 4 rings (SSSR count). The number of benzene rings is 4. The van der Waals surface area contributed by atoms with Gasteiger partial charge in [-0.15, -0.1) is 0 Å². The summed E-state index contributed by atoms with van der Waals surface area (Å²) in [6.45, 7) is 4.46. The number of aryl methyl sites for hydroxylation is 1. The third kappa shape index (κ3) is 5.55. The van der Waals surface area contributed by atoms with Gasteiger partial charge in [0.1, 0.15) is 9.64 Å². The lowest BCUT2D eigenvalue weighted by atomic mass is 10.0. The zero-order valence-electron chi connectivity index (χ0n) is 21.5. The average molecular weight is 563 g/mol. The minimum absolute atomic E-state index is 0.0164. The standard InChI is InChI=1S/C30H26O7S2/c1-21-13-17-24(18-14-21)38(33,34)30(2,3)29(32)23-15-19-25(20-16-23)39(35,36)37-27-12-8-7-11-26(27)28(31)22-9-5-4-6-10-22/h4-20H,1-3H3. The maximum atomic E-state index is 13.3. The summed E-state index contributed by atoms with van der Waals surface area (Å²) in [4.78, 5) is 26.0. The van der Waals surface area contributed by atoms with Crippen molar-refractivity contribution in [2.75, 3.05) is 0 Å². The summed E-state index contributed by atoms with van der Waals surface area (Å²) in [5, 5.41) is 0. The van der Waals surface area contributed by atoms with E-state index < -0.39 is 36.3 Å². The number of carbonyl (C=O) groups excluding carboxylic acids is 2. The quantitative estimate of drug-likeness (QED) is 0.198. The summed E-state index contributed by atoms with van der Waals surface area (Å²) >= 11 is 0. The maximum Gasteiger partial charge on any atom is 0.339 e. The topological polar surface area (TPSA) is 112 Å². The minimum atomic E-state index is -4.39. The molecule has 4 aromatic rings. The second-order valence-corrected chi connectivity index (χ2v) is 13.5. The monoisotopic (exact) mass is 562 g/mol. The molecule has 0 N–H and O–H groups in total. The van der Waals surface area contributed by atoms with Crippen LogP contribution >= 0.6 is 0 Å². The van der Waals surface area contributed by atoms with Gasteiger partial charge in [0, 0.05) is 11.1 Å². The molecule has 0 spiro atoms. The van der Waals surface area contributed by atoms with Gasteiger partial charge in [0.05, 0.1) is 10.5 Å². The third-order valence-corrected chi connectivity index (χ3v) is 9.99. The predicted octanol–water partition coefficient (Wildman–Crippen LogP) is 5.43. The van der Waals surface area contributed by atoms with Crippen molar-refractivity contribution in [3.8, 4) is 5.75 Å². The van der Waals surface area contributed by atoms with Crippen LogP contribution in [0.5, 0.6) is 5.75 Å². The first-order valence-electron chi connectivity index (χ1n) is 11.9. The fraction of sp³-hybridized carbons (Fsp3) is 0.133. The van der Waals surface area contributed by atoms with Crippen LogP contribution in [0.4, 0.5) is 0 Å². The van der Waals surface area contributed by atoms with Gasteiger partial charge >= 0.3 is 10.1 Å². The first kappa shape index (κ1) is 27.9. The normalized spacial score (nSPS) is 12.1. The number of ketones is 2. The Bertz CT molecular complexity index is 1740. The van der Waals surface area contributed by atoms with Crippen molar-refractivity contribution in [3.05, 3.63) is 125 Å². The summed E-state index contributed by atoms with van der Waals surface area (Å²) in [5.74, 6) is -1.23. The Kier molecular flexibility index (Phi) is 7.59. The van der Waals surface area contributed by atoms with E-state index in [1.807, 2.05) is 6.92 Å². The molecule has 0 unspecified atom stereocenters. The molecule has 0 aliphatic carbocycles. The number of Topliss-reactive ketones (excluding diaryl/α,β-unsaturated/α-hetero) is 1. The van der Waals surface area contributed by atoms with E-state index in [2.05, 4.69) is 0 Å². The SMILES string of the molecule is Cc1ccc(S(=O)(=O)C(C)(C)C(=O)c2ccc(S(=O)(=O)Oc3ccccc3C(=O)c3ccccc3)cc2)cc1. The van der Waals surface area contributed by atoms with Crippen molar-refractivity contribution in [1.82, 2.24) is 0 Å². The molecule has 39 heavy (non-hydrogen) atoms. The molecule has 9 heteroatoms. The first-order chi connectivity index (χ1) is 18.3. The molecule has 4 aromatic carbocycles. The molecule has 0 amide bonds. The number of para-hydroxylation sites is 1. The summed E-state index contributed by atoms with van der Waals surface area (Å²) in [6, 6.07) is 25.4. The van der Waals surface area contributed by atoms with Crippen molar-refractivity contribution >= 4 is 31.5 Å². The molecule has 7 nitrogen and oxygen atoms in total. The number of sulfone groups is 1. The fourth-order valence-electron chi connectivity index (χ4n) is 3.89. The lowest BCUT2D eigenvalue weighted by molar-refractivity contribution is 0.0953. The fourth-order valence-corrected chi connectivity index (χ4v) is 6.29. The van der Waals surface area contributed by atoms with E-state index in [1.54, 1.807) is 54.6 Å². The number of hydrogen-bond donors (Lipinski definition) is 0. The molecule has 200 valence electrons. The van der Waals surface area contributed by atoms with Crippen LogP contribution in [0, 0.1) is 6.92 Å². The van der Waals surface area contributed by atoms with Gasteiger partial charge in [-0.2, -0.15) is 8.42 Å². The first-order valence-corrected chi connectivity index (χ1v) is 14.8. The van der Waals surface area contributed by atoms with Gasteiger partial charge < -0.3 is 4.18 Å². The third-order valence-electron chi connectivity index (χ3n) is 6.32. The molecule has 0 aliphatic heterocycles. The minimum Gasteiger partial charge on any atom is -0.378 e. The smallest absolute Gasteiger partial charge is 0.339 e. The van der Waals surface area contributed by atoms with Gasteiger partial charge in [-0.1, -0.05) is 60.2 Å². The zero-order chi connectivity index (χ0) is 28.4. The number of rotatable bonds is 9. The van der Waals surface area contributed by atoms with Crippen LogP contribution in [0.3, 0.4) is 0 Å². The van der Waals surface area contributed by atoms with E-state index in [0.29, 0.717) is 5.56 Å². The largest absolute Gasteiger partial charge is 0.378 e. The van der Waals surface area contributed by atoms with E-state index in [4.69, 9.17) is 4.18 Å². The molecule has 0 heterocycles. The summed E-state index contributed by atoms with van der Waals surface area (Å²) < 4.78 is 56.1. The lowest BCUT2D eigenvalue weighted by Crippen LogP contribution is -2.40. The van der Waals surface area contributed by atoms with Gasteiger partial charge in [0.2, 0.25) is 0 Å². The van der Waals surface area contributed by atoms with Crippen LogP contribution in [-0.2, 0) is 20.0 Å². The van der Waals surface area contributed by atoms with Crippen LogP contribution < -0.4 is 4.18 Å². The Labute approximate surface area is 228 Å². The van der Waals surface area contributed by atoms with Crippen LogP contribution in [-0.4, -0.2) is 33.1 Å². The van der Waals surface area contributed by atoms with E-state index >= 15 is 0 Å². The predicted molar refractivity (Wildman–Crippen MR) is 147 cm³/mol. The van der Waals surface area contributed by atoms with Gasteiger partial charge in [0.25, 0.3) is 0 Å². The molecular formula is C30H26O7S2. The molecule has 0 atom stereocenters. The zero-order valence-corrected chi connectivity index (χ0v) is 23.1. The van der Waals surface area contributed by atoms with Crippen LogP contribution in [0.2, 0.25) is 0 Å². The Morgan fingerprint density at radius 3 is 1.79 bits per heavy atom. The van der Waals surface area contributed by atoms with E-state index in [0.717, 1.165) is 5.56 Å². The molecular weight excluding hydrogens is 536 g/mol. The van der Waals surface area contributed by atoms with Crippen molar-refractivity contribution in [1.29, 1.82) is 0 Å². The molecule has 0 bridgehead atoms. The second kappa shape index (κ2) is 10.6. The average Bonchev–Trinajstić information content (AvgIpc) is 2.93.